The summed E-state index contributed by atoms with van der Waals surface area (Å²) in [5, 5.41) is 30.3. The second-order valence-electron chi connectivity index (χ2n) is 12.6. The lowest BCUT2D eigenvalue weighted by atomic mass is 10.1. The molecule has 11 heteroatoms. The highest BCUT2D eigenvalue weighted by Gasteiger charge is 2.26. The SMILES string of the molecule is CSC(C)(C)c1cc(NC(=O)NCc2ccccc2Sc2ccc3nnc(-c4ccc(C)cc4O)n3c2)n(-c2ccc(C3CC3)cc2)n1. The minimum absolute atomic E-state index is 0.163. The van der Waals surface area contributed by atoms with Crippen molar-refractivity contribution < 1.29 is 9.90 Å². The van der Waals surface area contributed by atoms with E-state index in [4.69, 9.17) is 5.10 Å². The van der Waals surface area contributed by atoms with E-state index in [1.807, 2.05) is 76.8 Å². The molecule has 0 atom stereocenters. The number of hydrogen-bond donors (Lipinski definition) is 3. The van der Waals surface area contributed by atoms with Gasteiger partial charge in [0.05, 0.1) is 21.7 Å². The molecule has 9 nitrogen and oxygen atoms in total. The number of pyridine rings is 1. The summed E-state index contributed by atoms with van der Waals surface area (Å²) in [6.07, 6.45) is 6.54. The van der Waals surface area contributed by atoms with E-state index in [9.17, 15) is 9.90 Å². The van der Waals surface area contributed by atoms with Gasteiger partial charge in [-0.3, -0.25) is 9.72 Å². The molecule has 3 N–H and O–H groups in total. The van der Waals surface area contributed by atoms with Crippen molar-refractivity contribution >= 4 is 41.0 Å². The maximum Gasteiger partial charge on any atom is 0.320 e. The summed E-state index contributed by atoms with van der Waals surface area (Å²) < 4.78 is 3.48. The summed E-state index contributed by atoms with van der Waals surface area (Å²) in [4.78, 5) is 15.3. The van der Waals surface area contributed by atoms with Gasteiger partial charge in [-0.05, 0) is 105 Å². The van der Waals surface area contributed by atoms with Gasteiger partial charge in [0.15, 0.2) is 11.5 Å². The number of urea groups is 1. The topological polar surface area (TPSA) is 109 Å². The first-order chi connectivity index (χ1) is 23.2. The molecule has 1 aliphatic carbocycles. The van der Waals surface area contributed by atoms with E-state index in [1.165, 1.54) is 18.4 Å². The predicted molar refractivity (Wildman–Crippen MR) is 193 cm³/mol. The van der Waals surface area contributed by atoms with Crippen LogP contribution in [0.3, 0.4) is 0 Å². The Morgan fingerprint density at radius 1 is 1.00 bits per heavy atom. The molecule has 1 fully saturated rings. The largest absolute Gasteiger partial charge is 0.507 e. The third kappa shape index (κ3) is 6.65. The molecular formula is C37H37N7O2S2. The summed E-state index contributed by atoms with van der Waals surface area (Å²) in [5.74, 6) is 2.02. The van der Waals surface area contributed by atoms with E-state index in [2.05, 4.69) is 65.2 Å². The highest BCUT2D eigenvalue weighted by molar-refractivity contribution is 7.99. The highest BCUT2D eigenvalue weighted by Crippen LogP contribution is 2.40. The number of aromatic nitrogens is 5. The van der Waals surface area contributed by atoms with E-state index in [1.54, 1.807) is 29.6 Å². The number of rotatable bonds is 10. The second-order valence-corrected chi connectivity index (χ2v) is 15.1. The Balaban J connectivity index is 1.08. The Bertz CT molecular complexity index is 2120. The molecule has 1 aliphatic rings. The molecule has 0 bridgehead atoms. The number of fused-ring (bicyclic) bond motifs is 1. The molecular weight excluding hydrogens is 639 g/mol. The lowest BCUT2D eigenvalue weighted by Crippen LogP contribution is -2.29. The standard InChI is InChI=1S/C37H37N7O2S2/c1-23-9-17-29(30(45)19-23)35-41-40-33-18-16-28(22-43(33)35)48-31-8-6-5-7-26(31)21-38-36(46)39-34-20-32(37(2,3)47-4)42-44(34)27-14-12-25(13-15-27)24-10-11-24/h5-9,12-20,22,24,45H,10-11,21H2,1-4H3,(H2,38,39,46). The number of aromatic hydroxyl groups is 1. The van der Waals surface area contributed by atoms with Gasteiger partial charge in [-0.2, -0.15) is 16.9 Å². The normalized spacial score (nSPS) is 13.2. The molecule has 7 rings (SSSR count). The van der Waals surface area contributed by atoms with Gasteiger partial charge in [0, 0.05) is 28.6 Å². The molecule has 0 unspecified atom stereocenters. The first-order valence-corrected chi connectivity index (χ1v) is 17.9. The number of benzene rings is 3. The molecule has 244 valence electrons. The molecule has 3 aromatic heterocycles. The fourth-order valence-electron chi connectivity index (χ4n) is 5.53. The number of amides is 2. The fourth-order valence-corrected chi connectivity index (χ4v) is 6.80. The molecule has 6 aromatic rings. The van der Waals surface area contributed by atoms with Gasteiger partial charge in [-0.25, -0.2) is 9.48 Å². The zero-order valence-electron chi connectivity index (χ0n) is 27.3. The number of nitrogens with zero attached hydrogens (tertiary/aromatic N) is 5. The number of nitrogens with one attached hydrogen (secondary N) is 2. The van der Waals surface area contributed by atoms with Crippen LogP contribution in [0.4, 0.5) is 10.6 Å². The fraction of sp³-hybridized carbons (Fsp3) is 0.243. The van der Waals surface area contributed by atoms with Gasteiger partial charge in [0.2, 0.25) is 0 Å². The van der Waals surface area contributed by atoms with Gasteiger partial charge < -0.3 is 10.4 Å². The molecule has 0 aliphatic heterocycles. The van der Waals surface area contributed by atoms with Gasteiger partial charge in [0.25, 0.3) is 0 Å². The first-order valence-electron chi connectivity index (χ1n) is 15.9. The van der Waals surface area contributed by atoms with E-state index in [-0.39, 0.29) is 16.5 Å². The summed E-state index contributed by atoms with van der Waals surface area (Å²) in [6.45, 7) is 6.53. The highest BCUT2D eigenvalue weighted by atomic mass is 32.2. The number of aryl methyl sites for hydroxylation is 1. The summed E-state index contributed by atoms with van der Waals surface area (Å²) in [5.41, 5.74) is 6.40. The number of carbonyl (C=O) groups is 1. The summed E-state index contributed by atoms with van der Waals surface area (Å²) >= 11 is 3.30. The third-order valence-electron chi connectivity index (χ3n) is 8.67. The number of carbonyl (C=O) groups excluding carboxylic acids is 1. The van der Waals surface area contributed by atoms with Crippen LogP contribution in [0.1, 0.15) is 55.0 Å². The molecule has 2 amide bonds. The Morgan fingerprint density at radius 2 is 1.79 bits per heavy atom. The van der Waals surface area contributed by atoms with Gasteiger partial charge in [0.1, 0.15) is 11.6 Å². The number of phenolic OH excluding ortho intramolecular Hbond substituents is 1. The van der Waals surface area contributed by atoms with Gasteiger partial charge in [-0.15, -0.1) is 10.2 Å². The second kappa shape index (κ2) is 13.0. The average Bonchev–Trinajstić information content (AvgIpc) is 3.72. The van der Waals surface area contributed by atoms with Crippen LogP contribution in [0.2, 0.25) is 0 Å². The number of anilines is 1. The monoisotopic (exact) mass is 675 g/mol. The molecule has 0 radical (unpaired) electrons. The van der Waals surface area contributed by atoms with E-state index in [0.717, 1.165) is 32.3 Å². The minimum atomic E-state index is -0.312. The van der Waals surface area contributed by atoms with Crippen molar-refractivity contribution in [3.63, 3.8) is 0 Å². The Labute approximate surface area is 288 Å². The van der Waals surface area contributed by atoms with E-state index < -0.39 is 0 Å². The van der Waals surface area contributed by atoms with Crippen molar-refractivity contribution in [3.8, 4) is 22.8 Å². The van der Waals surface area contributed by atoms with E-state index >= 15 is 0 Å². The Morgan fingerprint density at radius 3 is 2.54 bits per heavy atom. The Kier molecular flexibility index (Phi) is 8.65. The van der Waals surface area contributed by atoms with Crippen LogP contribution in [0.5, 0.6) is 5.75 Å². The molecule has 1 saturated carbocycles. The summed E-state index contributed by atoms with van der Waals surface area (Å²) in [6, 6.07) is 27.6. The predicted octanol–water partition coefficient (Wildman–Crippen LogP) is 8.54. The quantitative estimate of drug-likeness (QED) is 0.134. The number of hydrogen-bond acceptors (Lipinski definition) is 7. The van der Waals surface area contributed by atoms with Crippen LogP contribution in [0.15, 0.2) is 101 Å². The van der Waals surface area contributed by atoms with E-state index in [0.29, 0.717) is 35.3 Å². The van der Waals surface area contributed by atoms with Crippen molar-refractivity contribution in [2.45, 2.75) is 60.6 Å². The Hall–Kier alpha value is -4.74. The lowest BCUT2D eigenvalue weighted by molar-refractivity contribution is 0.251. The molecule has 3 aromatic carbocycles. The van der Waals surface area contributed by atoms with Gasteiger partial charge in [-0.1, -0.05) is 48.2 Å². The van der Waals surface area contributed by atoms with Crippen molar-refractivity contribution in [3.05, 3.63) is 114 Å². The van der Waals surface area contributed by atoms with Crippen molar-refractivity contribution in [1.82, 2.24) is 29.7 Å². The van der Waals surface area contributed by atoms with Gasteiger partial charge >= 0.3 is 6.03 Å². The first kappa shape index (κ1) is 31.8. The van der Waals surface area contributed by atoms with Crippen LogP contribution in [-0.4, -0.2) is 41.8 Å². The van der Waals surface area contributed by atoms with Crippen LogP contribution in [0.25, 0.3) is 22.7 Å². The van der Waals surface area contributed by atoms with Crippen molar-refractivity contribution in [1.29, 1.82) is 0 Å². The lowest BCUT2D eigenvalue weighted by Gasteiger charge is -2.18. The van der Waals surface area contributed by atoms with Crippen molar-refractivity contribution in [2.75, 3.05) is 11.6 Å². The zero-order chi connectivity index (χ0) is 33.4. The maximum absolute atomic E-state index is 13.3. The number of thioether (sulfide) groups is 1. The van der Waals surface area contributed by atoms with Crippen LogP contribution < -0.4 is 10.6 Å². The van der Waals surface area contributed by atoms with Crippen LogP contribution >= 0.6 is 23.5 Å². The molecule has 48 heavy (non-hydrogen) atoms. The zero-order valence-corrected chi connectivity index (χ0v) is 28.9. The molecule has 0 spiro atoms. The smallest absolute Gasteiger partial charge is 0.320 e. The third-order valence-corrected chi connectivity index (χ3v) is 11.0. The molecule has 3 heterocycles. The summed E-state index contributed by atoms with van der Waals surface area (Å²) in [7, 11) is 0. The number of phenols is 1. The maximum atomic E-state index is 13.3. The molecule has 0 saturated heterocycles. The minimum Gasteiger partial charge on any atom is -0.507 e. The van der Waals surface area contributed by atoms with Crippen LogP contribution in [-0.2, 0) is 11.3 Å². The average molecular weight is 676 g/mol. The van der Waals surface area contributed by atoms with Crippen molar-refractivity contribution in [2.24, 2.45) is 0 Å². The van der Waals surface area contributed by atoms with Crippen LogP contribution in [0, 0.1) is 6.92 Å².